The van der Waals surface area contributed by atoms with Gasteiger partial charge in [-0.3, -0.25) is 4.98 Å². The van der Waals surface area contributed by atoms with Gasteiger partial charge in [0, 0.05) is 29.7 Å². The monoisotopic (exact) mass is 289 g/mol. The number of hydrogen-bond acceptors (Lipinski definition) is 4. The smallest absolute Gasteiger partial charge is 0.0949 e. The van der Waals surface area contributed by atoms with Crippen LogP contribution in [0.15, 0.2) is 18.5 Å². The highest BCUT2D eigenvalue weighted by Gasteiger charge is 2.16. The van der Waals surface area contributed by atoms with Crippen LogP contribution in [-0.2, 0) is 6.42 Å². The molecule has 0 aliphatic carbocycles. The lowest BCUT2D eigenvalue weighted by atomic mass is 10.0. The second-order valence-corrected chi connectivity index (χ2v) is 6.48. The van der Waals surface area contributed by atoms with Crippen molar-refractivity contribution in [2.75, 3.05) is 6.54 Å². The number of thiazole rings is 1. The molecule has 0 radical (unpaired) electrons. The Bertz CT molecular complexity index is 543. The van der Waals surface area contributed by atoms with Crippen molar-refractivity contribution in [1.29, 1.82) is 0 Å². The average molecular weight is 289 g/mol. The zero-order valence-corrected chi connectivity index (χ0v) is 13.5. The van der Waals surface area contributed by atoms with Crippen molar-refractivity contribution in [2.45, 2.75) is 46.6 Å². The van der Waals surface area contributed by atoms with E-state index in [2.05, 4.69) is 49.0 Å². The van der Waals surface area contributed by atoms with Gasteiger partial charge in [0.15, 0.2) is 0 Å². The minimum absolute atomic E-state index is 0.322. The van der Waals surface area contributed by atoms with Crippen molar-refractivity contribution < 1.29 is 0 Å². The molecule has 1 unspecified atom stereocenters. The number of nitrogens with one attached hydrogen (secondary N) is 1. The molecule has 0 amide bonds. The fourth-order valence-corrected chi connectivity index (χ4v) is 3.27. The molecule has 4 heteroatoms. The Labute approximate surface area is 125 Å². The van der Waals surface area contributed by atoms with Gasteiger partial charge in [-0.25, -0.2) is 4.98 Å². The van der Waals surface area contributed by atoms with E-state index >= 15 is 0 Å². The first-order valence-corrected chi connectivity index (χ1v) is 8.00. The maximum Gasteiger partial charge on any atom is 0.0949 e. The van der Waals surface area contributed by atoms with Gasteiger partial charge in [-0.2, -0.15) is 0 Å². The van der Waals surface area contributed by atoms with Crippen LogP contribution in [0.25, 0.3) is 0 Å². The van der Waals surface area contributed by atoms with Crippen LogP contribution in [0.1, 0.15) is 46.1 Å². The van der Waals surface area contributed by atoms with Crippen molar-refractivity contribution in [1.82, 2.24) is 15.3 Å². The molecule has 0 bridgehead atoms. The summed E-state index contributed by atoms with van der Waals surface area (Å²) < 4.78 is 0. The van der Waals surface area contributed by atoms with E-state index in [1.165, 1.54) is 21.0 Å². The molecule has 2 heterocycles. The van der Waals surface area contributed by atoms with Gasteiger partial charge in [0.25, 0.3) is 0 Å². The molecule has 108 valence electrons. The van der Waals surface area contributed by atoms with Crippen molar-refractivity contribution in [2.24, 2.45) is 0 Å². The summed E-state index contributed by atoms with van der Waals surface area (Å²) >= 11 is 1.81. The predicted molar refractivity (Wildman–Crippen MR) is 85.3 cm³/mol. The molecule has 0 aliphatic heterocycles. The van der Waals surface area contributed by atoms with E-state index in [-0.39, 0.29) is 0 Å². The summed E-state index contributed by atoms with van der Waals surface area (Å²) in [5.41, 5.74) is 3.73. The van der Waals surface area contributed by atoms with E-state index in [1.807, 2.05) is 23.7 Å². The number of hydrogen-bond donors (Lipinski definition) is 1. The molecule has 0 fully saturated rings. The Morgan fingerprint density at radius 2 is 2.10 bits per heavy atom. The van der Waals surface area contributed by atoms with Gasteiger partial charge in [0.05, 0.1) is 10.7 Å². The molecule has 20 heavy (non-hydrogen) atoms. The third kappa shape index (κ3) is 3.64. The van der Waals surface area contributed by atoms with Crippen LogP contribution in [0.3, 0.4) is 0 Å². The van der Waals surface area contributed by atoms with Gasteiger partial charge in [-0.1, -0.05) is 6.92 Å². The van der Waals surface area contributed by atoms with Crippen molar-refractivity contribution in [3.05, 3.63) is 45.2 Å². The number of aromatic nitrogens is 2. The predicted octanol–water partition coefficient (Wildman–Crippen LogP) is 3.75. The normalized spacial score (nSPS) is 12.6. The van der Waals surface area contributed by atoms with Gasteiger partial charge < -0.3 is 5.32 Å². The highest BCUT2D eigenvalue weighted by atomic mass is 32.1. The molecule has 0 spiro atoms. The molecule has 0 saturated heterocycles. The van der Waals surface area contributed by atoms with Gasteiger partial charge >= 0.3 is 0 Å². The molecular formula is C16H23N3S. The van der Waals surface area contributed by atoms with Crippen LogP contribution in [-0.4, -0.2) is 16.5 Å². The first kappa shape index (κ1) is 15.1. The summed E-state index contributed by atoms with van der Waals surface area (Å²) in [7, 11) is 0. The molecule has 0 aromatic carbocycles. The number of aryl methyl sites for hydroxylation is 3. The van der Waals surface area contributed by atoms with Crippen LogP contribution in [0, 0.1) is 20.8 Å². The largest absolute Gasteiger partial charge is 0.310 e. The SMILES string of the molecule is CCCNC(Cc1nc(C)c(C)s1)c1ccncc1C. The summed E-state index contributed by atoms with van der Waals surface area (Å²) in [6.07, 6.45) is 5.90. The lowest BCUT2D eigenvalue weighted by Crippen LogP contribution is -2.24. The van der Waals surface area contributed by atoms with Crippen LogP contribution < -0.4 is 5.32 Å². The Morgan fingerprint density at radius 1 is 1.30 bits per heavy atom. The maximum absolute atomic E-state index is 4.68. The van der Waals surface area contributed by atoms with E-state index in [0.717, 1.165) is 25.1 Å². The number of rotatable bonds is 6. The number of nitrogens with zero attached hydrogens (tertiary/aromatic N) is 2. The molecule has 2 rings (SSSR count). The fourth-order valence-electron chi connectivity index (χ4n) is 2.29. The lowest BCUT2D eigenvalue weighted by Gasteiger charge is -2.19. The van der Waals surface area contributed by atoms with E-state index in [1.54, 1.807) is 0 Å². The molecule has 0 aliphatic rings. The Balaban J connectivity index is 2.21. The standard InChI is InChI=1S/C16H23N3S/c1-5-7-18-15(14-6-8-17-10-11(14)2)9-16-19-12(3)13(4)20-16/h6,8,10,15,18H,5,7,9H2,1-4H3. The van der Waals surface area contributed by atoms with E-state index < -0.39 is 0 Å². The van der Waals surface area contributed by atoms with Gasteiger partial charge in [0.1, 0.15) is 0 Å². The second-order valence-electron chi connectivity index (χ2n) is 5.19. The van der Waals surface area contributed by atoms with E-state index in [9.17, 15) is 0 Å². The highest BCUT2D eigenvalue weighted by Crippen LogP contribution is 2.25. The van der Waals surface area contributed by atoms with Crippen LogP contribution in [0.2, 0.25) is 0 Å². The van der Waals surface area contributed by atoms with Crippen molar-refractivity contribution in [3.63, 3.8) is 0 Å². The van der Waals surface area contributed by atoms with Crippen LogP contribution >= 0.6 is 11.3 Å². The van der Waals surface area contributed by atoms with Crippen molar-refractivity contribution in [3.8, 4) is 0 Å². The lowest BCUT2D eigenvalue weighted by molar-refractivity contribution is 0.525. The minimum Gasteiger partial charge on any atom is -0.310 e. The third-order valence-corrected chi connectivity index (χ3v) is 4.63. The zero-order chi connectivity index (χ0) is 14.5. The second kappa shape index (κ2) is 6.95. The Morgan fingerprint density at radius 3 is 2.70 bits per heavy atom. The molecule has 1 N–H and O–H groups in total. The van der Waals surface area contributed by atoms with Crippen LogP contribution in [0.4, 0.5) is 0 Å². The first-order valence-electron chi connectivity index (χ1n) is 7.18. The summed E-state index contributed by atoms with van der Waals surface area (Å²) in [5.74, 6) is 0. The Hall–Kier alpha value is -1.26. The third-order valence-electron chi connectivity index (χ3n) is 3.53. The summed E-state index contributed by atoms with van der Waals surface area (Å²) in [5, 5.41) is 4.86. The highest BCUT2D eigenvalue weighted by molar-refractivity contribution is 7.11. The molecule has 2 aromatic heterocycles. The number of pyridine rings is 1. The summed E-state index contributed by atoms with van der Waals surface area (Å²) in [6, 6.07) is 2.44. The fraction of sp³-hybridized carbons (Fsp3) is 0.500. The molecule has 0 saturated carbocycles. The molecule has 2 aromatic rings. The summed E-state index contributed by atoms with van der Waals surface area (Å²) in [4.78, 5) is 10.2. The molecule has 1 atom stereocenters. The van der Waals surface area contributed by atoms with E-state index in [0.29, 0.717) is 6.04 Å². The first-order chi connectivity index (χ1) is 9.61. The minimum atomic E-state index is 0.322. The Kier molecular flexibility index (Phi) is 5.26. The maximum atomic E-state index is 4.68. The van der Waals surface area contributed by atoms with Crippen LogP contribution in [0.5, 0.6) is 0 Å². The quantitative estimate of drug-likeness (QED) is 0.880. The zero-order valence-electron chi connectivity index (χ0n) is 12.7. The summed E-state index contributed by atoms with van der Waals surface area (Å²) in [6.45, 7) is 9.57. The molecule has 3 nitrogen and oxygen atoms in total. The van der Waals surface area contributed by atoms with E-state index in [4.69, 9.17) is 0 Å². The van der Waals surface area contributed by atoms with Crippen molar-refractivity contribution >= 4 is 11.3 Å². The van der Waals surface area contributed by atoms with Gasteiger partial charge in [-0.05, 0) is 50.9 Å². The molecular weight excluding hydrogens is 266 g/mol. The average Bonchev–Trinajstić information content (AvgIpc) is 2.74. The topological polar surface area (TPSA) is 37.8 Å². The van der Waals surface area contributed by atoms with Gasteiger partial charge in [-0.15, -0.1) is 11.3 Å². The van der Waals surface area contributed by atoms with Gasteiger partial charge in [0.2, 0.25) is 0 Å².